The molecule has 2 fully saturated rings. The van der Waals surface area contributed by atoms with Gasteiger partial charge in [-0.2, -0.15) is 0 Å². The fourth-order valence-electron chi connectivity index (χ4n) is 9.63. The highest BCUT2D eigenvalue weighted by atomic mass is 14.6. The molecule has 0 heterocycles. The summed E-state index contributed by atoms with van der Waals surface area (Å²) >= 11 is 0. The van der Waals surface area contributed by atoms with Crippen molar-refractivity contribution in [3.05, 3.63) is 22.3 Å². The van der Waals surface area contributed by atoms with Crippen LogP contribution < -0.4 is 0 Å². The largest absolute Gasteiger partial charge is 0.0735 e. The second kappa shape index (κ2) is 7.52. The van der Waals surface area contributed by atoms with E-state index >= 15 is 0 Å². The van der Waals surface area contributed by atoms with Gasteiger partial charge in [-0.3, -0.25) is 0 Å². The van der Waals surface area contributed by atoms with Crippen molar-refractivity contribution in [2.24, 2.45) is 33.5 Å². The maximum atomic E-state index is 2.66. The van der Waals surface area contributed by atoms with Crippen molar-refractivity contribution in [3.63, 3.8) is 0 Å². The molecule has 170 valence electrons. The van der Waals surface area contributed by atoms with Crippen molar-refractivity contribution in [1.82, 2.24) is 0 Å². The van der Waals surface area contributed by atoms with Crippen LogP contribution in [0.5, 0.6) is 0 Å². The predicted octanol–water partition coefficient (Wildman–Crippen LogP) is 9.65. The highest BCUT2D eigenvalue weighted by Crippen LogP contribution is 2.63. The van der Waals surface area contributed by atoms with Crippen molar-refractivity contribution in [2.45, 2.75) is 132 Å². The second-order valence-electron chi connectivity index (χ2n) is 13.7. The van der Waals surface area contributed by atoms with Crippen LogP contribution in [0.25, 0.3) is 0 Å². The van der Waals surface area contributed by atoms with Crippen molar-refractivity contribution < 1.29 is 0 Å². The Morgan fingerprint density at radius 1 is 0.600 bits per heavy atom. The Labute approximate surface area is 188 Å². The molecule has 4 aliphatic carbocycles. The van der Waals surface area contributed by atoms with Gasteiger partial charge in [-0.15, -0.1) is 0 Å². The van der Waals surface area contributed by atoms with Gasteiger partial charge in [-0.1, -0.05) is 76.7 Å². The number of rotatable bonds is 3. The summed E-state index contributed by atoms with van der Waals surface area (Å²) in [5, 5.41) is 0. The summed E-state index contributed by atoms with van der Waals surface area (Å²) in [6.45, 7) is 20.5. The molecule has 0 aromatic carbocycles. The van der Waals surface area contributed by atoms with Crippen LogP contribution in [-0.2, 0) is 0 Å². The molecule has 0 radical (unpaired) electrons. The normalized spacial score (nSPS) is 40.8. The molecule has 4 atom stereocenters. The quantitative estimate of drug-likeness (QED) is 0.406. The fourth-order valence-corrected chi connectivity index (χ4v) is 9.63. The summed E-state index contributed by atoms with van der Waals surface area (Å²) < 4.78 is 0. The van der Waals surface area contributed by atoms with E-state index in [9.17, 15) is 0 Å². The molecule has 0 saturated heterocycles. The van der Waals surface area contributed by atoms with E-state index in [1.807, 2.05) is 11.1 Å². The first-order valence-corrected chi connectivity index (χ1v) is 13.3. The fraction of sp³-hybridized carbons (Fsp3) is 0.867. The van der Waals surface area contributed by atoms with E-state index in [1.165, 1.54) is 77.0 Å². The van der Waals surface area contributed by atoms with Crippen LogP contribution in [0.1, 0.15) is 132 Å². The minimum Gasteiger partial charge on any atom is -0.0735 e. The molecule has 0 spiro atoms. The van der Waals surface area contributed by atoms with E-state index in [-0.39, 0.29) is 0 Å². The maximum absolute atomic E-state index is 2.66. The highest BCUT2D eigenvalue weighted by Gasteiger charge is 2.52. The Kier molecular flexibility index (Phi) is 5.68. The molecule has 2 saturated carbocycles. The first kappa shape index (κ1) is 22.7. The van der Waals surface area contributed by atoms with Gasteiger partial charge in [0.25, 0.3) is 0 Å². The van der Waals surface area contributed by atoms with E-state index in [1.54, 1.807) is 11.1 Å². The Balaban J connectivity index is 1.62. The molecule has 0 N–H and O–H groups in total. The molecule has 0 aliphatic heterocycles. The van der Waals surface area contributed by atoms with Crippen molar-refractivity contribution >= 4 is 0 Å². The number of hydrogen-bond donors (Lipinski definition) is 0. The van der Waals surface area contributed by atoms with E-state index in [2.05, 4.69) is 55.4 Å². The standard InChI is InChI=1S/C30H50/c1-21-11-15-25-27(3,4)17-9-19-29(25,7)23(21)13-14-24-22(2)12-16-26-28(5,6)18-10-20-30(24,26)8/h25-26H,9-20H2,1-8H3. The average Bonchev–Trinajstić information content (AvgIpc) is 2.61. The van der Waals surface area contributed by atoms with Crippen LogP contribution in [0.15, 0.2) is 22.3 Å². The molecule has 0 nitrogen and oxygen atoms in total. The predicted molar refractivity (Wildman–Crippen MR) is 132 cm³/mol. The van der Waals surface area contributed by atoms with Gasteiger partial charge in [-0.25, -0.2) is 0 Å². The van der Waals surface area contributed by atoms with Crippen LogP contribution in [0.3, 0.4) is 0 Å². The number of hydrogen-bond acceptors (Lipinski definition) is 0. The first-order chi connectivity index (χ1) is 13.9. The topological polar surface area (TPSA) is 0 Å². The molecule has 4 unspecified atom stereocenters. The first-order valence-electron chi connectivity index (χ1n) is 13.3. The highest BCUT2D eigenvalue weighted by molar-refractivity contribution is 5.32. The van der Waals surface area contributed by atoms with E-state index in [0.717, 1.165) is 11.8 Å². The smallest absolute Gasteiger partial charge is 0.00803 e. The van der Waals surface area contributed by atoms with E-state index in [4.69, 9.17) is 0 Å². The Morgan fingerprint density at radius 3 is 1.33 bits per heavy atom. The van der Waals surface area contributed by atoms with Gasteiger partial charge in [0.2, 0.25) is 0 Å². The number of allylic oxidation sites excluding steroid dienone is 4. The van der Waals surface area contributed by atoms with E-state index in [0.29, 0.717) is 21.7 Å². The second-order valence-corrected chi connectivity index (χ2v) is 13.7. The third-order valence-electron chi connectivity index (χ3n) is 11.1. The van der Waals surface area contributed by atoms with Gasteiger partial charge >= 0.3 is 0 Å². The summed E-state index contributed by atoms with van der Waals surface area (Å²) in [5.41, 5.74) is 9.23. The zero-order valence-electron chi connectivity index (χ0n) is 21.6. The van der Waals surface area contributed by atoms with Gasteiger partial charge in [0.05, 0.1) is 0 Å². The molecule has 0 heteroatoms. The average molecular weight is 411 g/mol. The lowest BCUT2D eigenvalue weighted by atomic mass is 9.48. The lowest BCUT2D eigenvalue weighted by Gasteiger charge is -2.56. The van der Waals surface area contributed by atoms with Gasteiger partial charge in [0, 0.05) is 0 Å². The van der Waals surface area contributed by atoms with Crippen molar-refractivity contribution in [1.29, 1.82) is 0 Å². The molecule has 0 amide bonds. The molecule has 0 bridgehead atoms. The van der Waals surface area contributed by atoms with Crippen LogP contribution in [0.2, 0.25) is 0 Å². The summed E-state index contributed by atoms with van der Waals surface area (Å²) in [5.74, 6) is 1.77. The van der Waals surface area contributed by atoms with Crippen LogP contribution in [0.4, 0.5) is 0 Å². The molecular weight excluding hydrogens is 360 g/mol. The lowest BCUT2D eigenvalue weighted by molar-refractivity contribution is 0.00526. The van der Waals surface area contributed by atoms with Crippen LogP contribution >= 0.6 is 0 Å². The summed E-state index contributed by atoms with van der Waals surface area (Å²) in [6.07, 6.45) is 16.8. The van der Waals surface area contributed by atoms with Gasteiger partial charge in [-0.05, 0) is 112 Å². The molecule has 30 heavy (non-hydrogen) atoms. The Hall–Kier alpha value is -0.520. The lowest BCUT2D eigenvalue weighted by Crippen LogP contribution is -2.46. The van der Waals surface area contributed by atoms with Crippen molar-refractivity contribution in [3.8, 4) is 0 Å². The summed E-state index contributed by atoms with van der Waals surface area (Å²) in [7, 11) is 0. The molecule has 0 aromatic heterocycles. The summed E-state index contributed by atoms with van der Waals surface area (Å²) in [6, 6.07) is 0. The molecule has 4 rings (SSSR count). The number of fused-ring (bicyclic) bond motifs is 2. The van der Waals surface area contributed by atoms with Crippen LogP contribution in [0, 0.1) is 33.5 Å². The Morgan fingerprint density at radius 2 is 0.967 bits per heavy atom. The van der Waals surface area contributed by atoms with Crippen LogP contribution in [-0.4, -0.2) is 0 Å². The third kappa shape index (κ3) is 3.47. The molecule has 0 aromatic rings. The Bertz CT molecular complexity index is 680. The maximum Gasteiger partial charge on any atom is -0.00803 e. The molecule has 4 aliphatic rings. The monoisotopic (exact) mass is 410 g/mol. The summed E-state index contributed by atoms with van der Waals surface area (Å²) in [4.78, 5) is 0. The zero-order valence-corrected chi connectivity index (χ0v) is 21.6. The minimum atomic E-state index is 0.458. The molecular formula is C30H50. The SMILES string of the molecule is CC1=C(CCC2=C(C)CCC3C(C)(C)CCCC23C)C2(C)CCCC(C)(C)C2CC1. The third-order valence-corrected chi connectivity index (χ3v) is 11.1. The van der Waals surface area contributed by atoms with Gasteiger partial charge < -0.3 is 0 Å². The zero-order chi connectivity index (χ0) is 21.9. The van der Waals surface area contributed by atoms with Crippen molar-refractivity contribution in [2.75, 3.05) is 0 Å². The van der Waals surface area contributed by atoms with Gasteiger partial charge in [0.1, 0.15) is 0 Å². The van der Waals surface area contributed by atoms with E-state index < -0.39 is 0 Å². The minimum absolute atomic E-state index is 0.458. The van der Waals surface area contributed by atoms with Gasteiger partial charge in [0.15, 0.2) is 0 Å².